The number of anilines is 1. The van der Waals surface area contributed by atoms with E-state index in [0.29, 0.717) is 18.7 Å². The fraction of sp³-hybridized carbons (Fsp3) is 0.261. The van der Waals surface area contributed by atoms with Gasteiger partial charge in [-0.3, -0.25) is 14.4 Å². The molecule has 0 aromatic heterocycles. The first kappa shape index (κ1) is 21.6. The molecule has 1 saturated heterocycles. The van der Waals surface area contributed by atoms with Crippen LogP contribution in [0, 0.1) is 0 Å². The van der Waals surface area contributed by atoms with E-state index in [-0.39, 0.29) is 16.6 Å². The topological polar surface area (TPSA) is 69.7 Å². The number of rotatable bonds is 5. The highest BCUT2D eigenvalue weighted by atomic mass is 35.5. The summed E-state index contributed by atoms with van der Waals surface area (Å²) in [4.78, 5) is 17.1. The van der Waals surface area contributed by atoms with E-state index in [4.69, 9.17) is 11.6 Å². The molecule has 31 heavy (non-hydrogen) atoms. The molecular weight excluding hydrogens is 434 g/mol. The number of benzene rings is 3. The Morgan fingerprint density at radius 3 is 2.45 bits per heavy atom. The molecule has 0 saturated carbocycles. The molecule has 162 valence electrons. The van der Waals surface area contributed by atoms with Crippen LogP contribution in [0.3, 0.4) is 0 Å². The number of nitrogens with one attached hydrogen (secondary N) is 1. The predicted octanol–water partition coefficient (Wildman–Crippen LogP) is 3.82. The second-order valence-corrected chi connectivity index (χ2v) is 9.93. The second kappa shape index (κ2) is 8.86. The van der Waals surface area contributed by atoms with E-state index in [2.05, 4.69) is 46.0 Å². The Balaban J connectivity index is 1.42. The zero-order chi connectivity index (χ0) is 22.0. The van der Waals surface area contributed by atoms with E-state index >= 15 is 0 Å². The van der Waals surface area contributed by atoms with Gasteiger partial charge in [0.05, 0.1) is 17.0 Å². The van der Waals surface area contributed by atoms with E-state index in [1.165, 1.54) is 22.4 Å². The number of hydrogen-bond donors (Lipinski definition) is 1. The van der Waals surface area contributed by atoms with E-state index in [1.807, 2.05) is 6.07 Å². The van der Waals surface area contributed by atoms with Crippen molar-refractivity contribution in [2.75, 3.05) is 37.2 Å². The zero-order valence-electron chi connectivity index (χ0n) is 17.2. The van der Waals surface area contributed by atoms with Crippen LogP contribution in [-0.2, 0) is 16.6 Å². The smallest absolute Gasteiger partial charge is 0.254 e. The number of hydrogen-bond acceptors (Lipinski definition) is 4. The first-order chi connectivity index (χ1) is 14.8. The monoisotopic (exact) mass is 457 g/mol. The molecule has 1 aliphatic heterocycles. The Labute approximate surface area is 187 Å². The van der Waals surface area contributed by atoms with Gasteiger partial charge in [-0.15, -0.1) is 0 Å². The summed E-state index contributed by atoms with van der Waals surface area (Å²) >= 11 is 6.07. The van der Waals surface area contributed by atoms with Crippen molar-refractivity contribution in [3.63, 3.8) is 0 Å². The Morgan fingerprint density at radius 2 is 1.71 bits per heavy atom. The Bertz CT molecular complexity index is 1220. The van der Waals surface area contributed by atoms with Crippen LogP contribution in [-0.4, -0.2) is 56.6 Å². The molecule has 0 aliphatic carbocycles. The van der Waals surface area contributed by atoms with Crippen LogP contribution in [0.4, 0.5) is 5.69 Å². The molecule has 3 aromatic carbocycles. The van der Waals surface area contributed by atoms with Gasteiger partial charge in [-0.2, -0.15) is 0 Å². The van der Waals surface area contributed by atoms with Crippen molar-refractivity contribution >= 4 is 44.0 Å². The molecular formula is C23H24ClN3O3S. The molecule has 0 spiro atoms. The molecule has 6 nitrogen and oxygen atoms in total. The third kappa shape index (κ3) is 5.18. The highest BCUT2D eigenvalue weighted by Gasteiger charge is 2.23. The molecule has 3 aromatic rings. The normalized spacial score (nSPS) is 15.2. The molecule has 4 rings (SSSR count). The number of sulfonamides is 1. The van der Waals surface area contributed by atoms with Crippen LogP contribution >= 0.6 is 11.6 Å². The summed E-state index contributed by atoms with van der Waals surface area (Å²) in [6.07, 6.45) is 1.05. The lowest BCUT2D eigenvalue weighted by Gasteiger charge is -2.35. The number of nitrogens with zero attached hydrogens (tertiary/aromatic N) is 2. The van der Waals surface area contributed by atoms with Crippen molar-refractivity contribution in [2.45, 2.75) is 6.54 Å². The van der Waals surface area contributed by atoms with Crippen molar-refractivity contribution in [1.29, 1.82) is 0 Å². The van der Waals surface area contributed by atoms with Gasteiger partial charge in [0.1, 0.15) is 0 Å². The van der Waals surface area contributed by atoms with Gasteiger partial charge in [0.15, 0.2) is 0 Å². The fourth-order valence-corrected chi connectivity index (χ4v) is 4.69. The Kier molecular flexibility index (Phi) is 6.18. The van der Waals surface area contributed by atoms with Crippen molar-refractivity contribution in [3.05, 3.63) is 76.8 Å². The number of amides is 1. The molecule has 0 radical (unpaired) electrons. The second-order valence-electron chi connectivity index (χ2n) is 7.78. The van der Waals surface area contributed by atoms with Gasteiger partial charge in [-0.1, -0.05) is 54.1 Å². The summed E-state index contributed by atoms with van der Waals surface area (Å²) < 4.78 is 25.4. The summed E-state index contributed by atoms with van der Waals surface area (Å²) in [6.45, 7) is 3.61. The lowest BCUT2D eigenvalue weighted by molar-refractivity contribution is 0.0629. The van der Waals surface area contributed by atoms with Gasteiger partial charge in [0, 0.05) is 38.3 Å². The summed E-state index contributed by atoms with van der Waals surface area (Å²) in [5.41, 5.74) is 1.91. The molecule has 1 aliphatic rings. The third-order valence-corrected chi connectivity index (χ3v) is 6.36. The fourth-order valence-electron chi connectivity index (χ4n) is 3.90. The van der Waals surface area contributed by atoms with E-state index in [9.17, 15) is 13.2 Å². The van der Waals surface area contributed by atoms with Crippen LogP contribution in [0.1, 0.15) is 15.9 Å². The molecule has 1 amide bonds. The van der Waals surface area contributed by atoms with Gasteiger partial charge in [-0.05, 0) is 34.5 Å². The Morgan fingerprint density at radius 1 is 1.00 bits per heavy atom. The molecule has 1 N–H and O–H groups in total. The number of carbonyl (C=O) groups excluding carboxylic acids is 1. The lowest BCUT2D eigenvalue weighted by atomic mass is 10.0. The number of halogens is 1. The molecule has 1 fully saturated rings. The van der Waals surface area contributed by atoms with Crippen LogP contribution < -0.4 is 4.72 Å². The lowest BCUT2D eigenvalue weighted by Crippen LogP contribution is -2.48. The standard InChI is InChI=1S/C23H24ClN3O3S/c1-31(29,30)25-22-15-18(9-10-21(22)24)23(28)27-13-11-26(12-14-27)16-19-7-4-6-17-5-2-3-8-20(17)19/h2-10,15,25H,11-14,16H2,1H3. The highest BCUT2D eigenvalue weighted by Crippen LogP contribution is 2.25. The minimum absolute atomic E-state index is 0.127. The first-order valence-electron chi connectivity index (χ1n) is 10.1. The first-order valence-corrected chi connectivity index (χ1v) is 12.3. The molecule has 0 unspecified atom stereocenters. The van der Waals surface area contributed by atoms with Gasteiger partial charge >= 0.3 is 0 Å². The van der Waals surface area contributed by atoms with Crippen molar-refractivity contribution in [3.8, 4) is 0 Å². The minimum atomic E-state index is -3.49. The summed E-state index contributed by atoms with van der Waals surface area (Å²) in [7, 11) is -3.49. The summed E-state index contributed by atoms with van der Waals surface area (Å²) in [5.74, 6) is -0.127. The molecule has 1 heterocycles. The number of piperazine rings is 1. The van der Waals surface area contributed by atoms with Gasteiger partial charge < -0.3 is 4.90 Å². The van der Waals surface area contributed by atoms with E-state index in [1.54, 1.807) is 17.0 Å². The van der Waals surface area contributed by atoms with Crippen molar-refractivity contribution in [2.24, 2.45) is 0 Å². The van der Waals surface area contributed by atoms with Gasteiger partial charge in [-0.25, -0.2) is 8.42 Å². The quantitative estimate of drug-likeness (QED) is 0.632. The minimum Gasteiger partial charge on any atom is -0.336 e. The maximum atomic E-state index is 13.0. The van der Waals surface area contributed by atoms with E-state index < -0.39 is 10.0 Å². The van der Waals surface area contributed by atoms with E-state index in [0.717, 1.165) is 25.9 Å². The third-order valence-electron chi connectivity index (χ3n) is 5.44. The summed E-state index contributed by atoms with van der Waals surface area (Å²) in [6, 6.07) is 19.4. The maximum absolute atomic E-state index is 13.0. The Hall–Kier alpha value is -2.61. The van der Waals surface area contributed by atoms with Crippen molar-refractivity contribution in [1.82, 2.24) is 9.80 Å². The van der Waals surface area contributed by atoms with Crippen LogP contribution in [0.5, 0.6) is 0 Å². The largest absolute Gasteiger partial charge is 0.336 e. The molecule has 0 bridgehead atoms. The highest BCUT2D eigenvalue weighted by molar-refractivity contribution is 7.92. The predicted molar refractivity (Wildman–Crippen MR) is 125 cm³/mol. The number of carbonyl (C=O) groups is 1. The van der Waals surface area contributed by atoms with Crippen LogP contribution in [0.15, 0.2) is 60.7 Å². The summed E-state index contributed by atoms with van der Waals surface area (Å²) in [5, 5.41) is 2.74. The maximum Gasteiger partial charge on any atom is 0.254 e. The number of fused-ring (bicyclic) bond motifs is 1. The van der Waals surface area contributed by atoms with Crippen LogP contribution in [0.2, 0.25) is 5.02 Å². The molecule has 0 atom stereocenters. The van der Waals surface area contributed by atoms with Gasteiger partial charge in [0.2, 0.25) is 10.0 Å². The average Bonchev–Trinajstić information content (AvgIpc) is 2.75. The van der Waals surface area contributed by atoms with Gasteiger partial charge in [0.25, 0.3) is 5.91 Å². The molecule has 8 heteroatoms. The SMILES string of the molecule is CS(=O)(=O)Nc1cc(C(=O)N2CCN(Cc3cccc4ccccc34)CC2)ccc1Cl. The average molecular weight is 458 g/mol. The zero-order valence-corrected chi connectivity index (χ0v) is 18.8. The van der Waals surface area contributed by atoms with Crippen molar-refractivity contribution < 1.29 is 13.2 Å². The van der Waals surface area contributed by atoms with Crippen LogP contribution in [0.25, 0.3) is 10.8 Å².